The van der Waals surface area contributed by atoms with Crippen molar-refractivity contribution in [3.05, 3.63) is 31.2 Å². The first-order valence-corrected chi connectivity index (χ1v) is 7.00. The molecule has 0 spiro atoms. The van der Waals surface area contributed by atoms with Crippen molar-refractivity contribution in [2.24, 2.45) is 0 Å². The minimum atomic E-state index is -0.0477. The summed E-state index contributed by atoms with van der Waals surface area (Å²) in [7, 11) is 0. The summed E-state index contributed by atoms with van der Waals surface area (Å²) >= 11 is 0. The summed E-state index contributed by atoms with van der Waals surface area (Å²) in [5, 5.41) is 4.39. The van der Waals surface area contributed by atoms with E-state index in [0.29, 0.717) is 6.54 Å². The van der Waals surface area contributed by atoms with E-state index in [1.54, 1.807) is 4.58 Å². The molecule has 2 aromatic heterocycles. The van der Waals surface area contributed by atoms with E-state index < -0.39 is 0 Å². The lowest BCUT2D eigenvalue weighted by atomic mass is 10.0. The van der Waals surface area contributed by atoms with Crippen LogP contribution in [0.5, 0.6) is 0 Å². The van der Waals surface area contributed by atoms with Gasteiger partial charge in [-0.3, -0.25) is 0 Å². The Hall–Kier alpha value is -2.50. The smallest absolute Gasteiger partial charge is 0.360 e. The Kier molecular flexibility index (Phi) is 3.51. The van der Waals surface area contributed by atoms with Crippen molar-refractivity contribution in [2.75, 3.05) is 11.9 Å². The third-order valence-electron chi connectivity index (χ3n) is 3.85. The van der Waals surface area contributed by atoms with Crippen LogP contribution in [0.2, 0.25) is 0 Å². The minimum Gasteiger partial charge on any atom is -0.360 e. The van der Waals surface area contributed by atoms with Crippen molar-refractivity contribution < 1.29 is 9.37 Å². The van der Waals surface area contributed by atoms with Gasteiger partial charge in [-0.25, -0.2) is 14.8 Å². The maximum absolute atomic E-state index is 11.9. The van der Waals surface area contributed by atoms with Crippen LogP contribution in [0.3, 0.4) is 0 Å². The summed E-state index contributed by atoms with van der Waals surface area (Å²) in [6.45, 7) is 6.19. The number of H-pyrrole nitrogens is 1. The average molecular weight is 284 g/mol. The molecular weight excluding hydrogens is 266 g/mol. The number of amides is 1. The highest BCUT2D eigenvalue weighted by Crippen LogP contribution is 2.20. The van der Waals surface area contributed by atoms with Crippen LogP contribution in [-0.4, -0.2) is 43.7 Å². The summed E-state index contributed by atoms with van der Waals surface area (Å²) in [5.41, 5.74) is 1.90. The average Bonchev–Trinajstić information content (AvgIpc) is 2.98. The van der Waals surface area contributed by atoms with E-state index in [1.807, 2.05) is 19.2 Å². The Bertz CT molecular complexity index is 730. The molecule has 2 aromatic rings. The SMILES string of the molecule is C=CC(=O)[N+]1=C(C)CC[C@@H](Nc2ncnc3[nH]ccc23)C1. The summed E-state index contributed by atoms with van der Waals surface area (Å²) in [6.07, 6.45) is 6.60. The summed E-state index contributed by atoms with van der Waals surface area (Å²) in [4.78, 5) is 23.4. The van der Waals surface area contributed by atoms with Crippen LogP contribution >= 0.6 is 0 Å². The number of hydrogen-bond donors (Lipinski definition) is 2. The van der Waals surface area contributed by atoms with Crippen LogP contribution in [0.1, 0.15) is 19.8 Å². The summed E-state index contributed by atoms with van der Waals surface area (Å²) in [5.74, 6) is 0.755. The predicted molar refractivity (Wildman–Crippen MR) is 81.5 cm³/mol. The van der Waals surface area contributed by atoms with E-state index in [4.69, 9.17) is 0 Å². The lowest BCUT2D eigenvalue weighted by molar-refractivity contribution is -0.451. The van der Waals surface area contributed by atoms with E-state index in [1.165, 1.54) is 12.4 Å². The molecule has 108 valence electrons. The molecule has 0 saturated heterocycles. The first-order valence-electron chi connectivity index (χ1n) is 7.00. The van der Waals surface area contributed by atoms with Crippen molar-refractivity contribution in [3.8, 4) is 0 Å². The van der Waals surface area contributed by atoms with Gasteiger partial charge in [0.25, 0.3) is 0 Å². The predicted octanol–water partition coefficient (Wildman–Crippen LogP) is 1.72. The summed E-state index contributed by atoms with van der Waals surface area (Å²) < 4.78 is 1.78. The molecule has 1 atom stereocenters. The molecule has 0 aliphatic carbocycles. The standard InChI is InChI=1S/C15H18N5O/c1-3-13(21)20-8-11(5-4-10(20)2)19-15-12-6-7-16-14(12)17-9-18-15/h3,6-7,9,11H,1,4-5,8H2,2H3,(H2,16,17,18,19)/q+1/t11-/m1/s1. The molecular formula is C15H18N5O+. The molecule has 0 bridgehead atoms. The van der Waals surface area contributed by atoms with Crippen molar-refractivity contribution in [1.82, 2.24) is 15.0 Å². The molecule has 0 radical (unpaired) electrons. The Labute approximate surface area is 122 Å². The fourth-order valence-corrected chi connectivity index (χ4v) is 2.67. The van der Waals surface area contributed by atoms with Gasteiger partial charge < -0.3 is 10.3 Å². The molecule has 0 fully saturated rings. The minimum absolute atomic E-state index is 0.0477. The van der Waals surface area contributed by atoms with Crippen LogP contribution in [0.25, 0.3) is 11.0 Å². The highest BCUT2D eigenvalue weighted by Gasteiger charge is 2.29. The van der Waals surface area contributed by atoms with Crippen molar-refractivity contribution in [2.45, 2.75) is 25.8 Å². The lowest BCUT2D eigenvalue weighted by Crippen LogP contribution is -2.41. The largest absolute Gasteiger partial charge is 0.411 e. The molecule has 21 heavy (non-hydrogen) atoms. The third-order valence-corrected chi connectivity index (χ3v) is 3.85. The van der Waals surface area contributed by atoms with Gasteiger partial charge in [-0.2, -0.15) is 4.58 Å². The van der Waals surface area contributed by atoms with Gasteiger partial charge in [0, 0.05) is 25.6 Å². The zero-order valence-electron chi connectivity index (χ0n) is 12.0. The zero-order chi connectivity index (χ0) is 14.8. The Morgan fingerprint density at radius 2 is 2.43 bits per heavy atom. The second kappa shape index (κ2) is 5.47. The highest BCUT2D eigenvalue weighted by atomic mass is 16.2. The topological polar surface area (TPSA) is 73.7 Å². The van der Waals surface area contributed by atoms with Crippen molar-refractivity contribution in [3.63, 3.8) is 0 Å². The maximum atomic E-state index is 11.9. The lowest BCUT2D eigenvalue weighted by Gasteiger charge is -2.21. The molecule has 0 saturated carbocycles. The van der Waals surface area contributed by atoms with Crippen molar-refractivity contribution in [1.29, 1.82) is 0 Å². The van der Waals surface area contributed by atoms with Gasteiger partial charge in [0.1, 0.15) is 17.8 Å². The molecule has 2 N–H and O–H groups in total. The molecule has 6 nitrogen and oxygen atoms in total. The van der Waals surface area contributed by atoms with E-state index in [2.05, 4.69) is 26.8 Å². The van der Waals surface area contributed by atoms with E-state index in [9.17, 15) is 4.79 Å². The molecule has 1 amide bonds. The normalized spacial score (nSPS) is 18.8. The molecule has 1 aliphatic rings. The van der Waals surface area contributed by atoms with Gasteiger partial charge in [-0.1, -0.05) is 6.58 Å². The van der Waals surface area contributed by atoms with Crippen molar-refractivity contribution >= 4 is 28.5 Å². The number of carbonyl (C=O) groups is 1. The molecule has 6 heteroatoms. The van der Waals surface area contributed by atoms with Crippen LogP contribution in [-0.2, 0) is 4.79 Å². The van der Waals surface area contributed by atoms with E-state index >= 15 is 0 Å². The van der Waals surface area contributed by atoms with Gasteiger partial charge in [0.2, 0.25) is 0 Å². The fourth-order valence-electron chi connectivity index (χ4n) is 2.67. The van der Waals surface area contributed by atoms with Crippen LogP contribution in [0.15, 0.2) is 31.2 Å². The number of nitrogens with one attached hydrogen (secondary N) is 2. The number of fused-ring (bicyclic) bond motifs is 1. The second-order valence-corrected chi connectivity index (χ2v) is 5.23. The zero-order valence-corrected chi connectivity index (χ0v) is 12.0. The maximum Gasteiger partial charge on any atom is 0.411 e. The number of carbonyl (C=O) groups excluding carboxylic acids is 1. The van der Waals surface area contributed by atoms with Crippen LogP contribution < -0.4 is 5.32 Å². The summed E-state index contributed by atoms with van der Waals surface area (Å²) in [6, 6.07) is 2.12. The van der Waals surface area contributed by atoms with Gasteiger partial charge >= 0.3 is 5.91 Å². The molecule has 3 heterocycles. The van der Waals surface area contributed by atoms with Gasteiger partial charge in [-0.05, 0) is 12.5 Å². The van der Waals surface area contributed by atoms with Crippen LogP contribution in [0.4, 0.5) is 5.82 Å². The van der Waals surface area contributed by atoms with Gasteiger partial charge in [0.05, 0.1) is 11.4 Å². The third kappa shape index (κ3) is 2.56. The first-order chi connectivity index (χ1) is 10.2. The molecule has 0 aromatic carbocycles. The monoisotopic (exact) mass is 284 g/mol. The van der Waals surface area contributed by atoms with E-state index in [0.717, 1.165) is 35.4 Å². The quantitative estimate of drug-likeness (QED) is 0.665. The number of rotatable bonds is 3. The first kappa shape index (κ1) is 13.5. The second-order valence-electron chi connectivity index (χ2n) is 5.23. The number of aromatic nitrogens is 3. The molecule has 0 unspecified atom stereocenters. The Morgan fingerprint density at radius 1 is 1.57 bits per heavy atom. The van der Waals surface area contributed by atoms with Gasteiger partial charge in [-0.15, -0.1) is 0 Å². The van der Waals surface area contributed by atoms with Gasteiger partial charge in [0.15, 0.2) is 12.3 Å². The number of nitrogens with zero attached hydrogens (tertiary/aromatic N) is 3. The number of anilines is 1. The van der Waals surface area contributed by atoms with E-state index in [-0.39, 0.29) is 11.9 Å². The number of hydrogen-bond acceptors (Lipinski definition) is 4. The number of aromatic amines is 1. The Morgan fingerprint density at radius 3 is 3.24 bits per heavy atom. The van der Waals surface area contributed by atoms with Crippen LogP contribution in [0, 0.1) is 0 Å². The molecule has 1 aliphatic heterocycles. The fraction of sp³-hybridized carbons (Fsp3) is 0.333. The molecule has 3 rings (SSSR count). The Balaban J connectivity index is 1.82. The highest BCUT2D eigenvalue weighted by molar-refractivity contribution is 5.89.